The van der Waals surface area contributed by atoms with Crippen molar-refractivity contribution in [2.75, 3.05) is 32.6 Å². The van der Waals surface area contributed by atoms with Crippen LogP contribution in [0.15, 0.2) is 41.8 Å². The van der Waals surface area contributed by atoms with E-state index in [9.17, 15) is 4.79 Å². The molecule has 2 aromatic heterocycles. The summed E-state index contributed by atoms with van der Waals surface area (Å²) in [7, 11) is 3.87. The van der Waals surface area contributed by atoms with Crippen LogP contribution in [0.25, 0.3) is 10.1 Å². The minimum atomic E-state index is -0.341. The van der Waals surface area contributed by atoms with Crippen molar-refractivity contribution in [2.24, 2.45) is 5.16 Å². The van der Waals surface area contributed by atoms with Crippen LogP contribution in [-0.2, 0) is 11.2 Å². The number of hydrogen-bond acceptors (Lipinski definition) is 8. The van der Waals surface area contributed by atoms with E-state index in [4.69, 9.17) is 9.94 Å². The van der Waals surface area contributed by atoms with Crippen molar-refractivity contribution >= 4 is 44.5 Å². The summed E-state index contributed by atoms with van der Waals surface area (Å²) in [5, 5.41) is 16.8. The summed E-state index contributed by atoms with van der Waals surface area (Å²) in [6.07, 6.45) is 5.03. The zero-order chi connectivity index (χ0) is 20.4. The molecular formula is C21H22N4O3S. The molecule has 0 atom stereocenters. The number of pyridine rings is 1. The fourth-order valence-electron chi connectivity index (χ4n) is 3.40. The number of aryl methyl sites for hydroxylation is 1. The van der Waals surface area contributed by atoms with Gasteiger partial charge in [-0.25, -0.2) is 4.79 Å². The number of oxime groups is 1. The highest BCUT2D eigenvalue weighted by atomic mass is 32.1. The van der Waals surface area contributed by atoms with Gasteiger partial charge in [-0.1, -0.05) is 11.2 Å². The van der Waals surface area contributed by atoms with Crippen LogP contribution in [0.1, 0.15) is 27.2 Å². The summed E-state index contributed by atoms with van der Waals surface area (Å²) in [6, 6.07) is 7.82. The van der Waals surface area contributed by atoms with E-state index >= 15 is 0 Å². The van der Waals surface area contributed by atoms with Gasteiger partial charge in [0.2, 0.25) is 0 Å². The molecule has 8 heteroatoms. The van der Waals surface area contributed by atoms with Crippen molar-refractivity contribution in [3.05, 3.63) is 52.7 Å². The zero-order valence-corrected chi connectivity index (χ0v) is 17.1. The van der Waals surface area contributed by atoms with E-state index in [2.05, 4.69) is 15.5 Å². The first kappa shape index (κ1) is 19.4. The Balaban J connectivity index is 1.65. The van der Waals surface area contributed by atoms with E-state index in [0.29, 0.717) is 23.7 Å². The fraction of sp³-hybridized carbons (Fsp3) is 0.286. The van der Waals surface area contributed by atoms with E-state index in [1.807, 2.05) is 43.3 Å². The molecule has 0 spiro atoms. The van der Waals surface area contributed by atoms with E-state index in [0.717, 1.165) is 45.4 Å². The van der Waals surface area contributed by atoms with Crippen LogP contribution in [0.2, 0.25) is 0 Å². The van der Waals surface area contributed by atoms with Gasteiger partial charge in [0.1, 0.15) is 11.5 Å². The Hall–Kier alpha value is -2.97. The highest BCUT2D eigenvalue weighted by molar-refractivity contribution is 7.21. The maximum absolute atomic E-state index is 12.7. The van der Waals surface area contributed by atoms with Gasteiger partial charge in [-0.3, -0.25) is 4.98 Å². The van der Waals surface area contributed by atoms with Crippen LogP contribution in [0.3, 0.4) is 0 Å². The third-order valence-electron chi connectivity index (χ3n) is 4.89. The summed E-state index contributed by atoms with van der Waals surface area (Å²) >= 11 is 1.37. The number of benzene rings is 1. The topological polar surface area (TPSA) is 87.0 Å². The Labute approximate surface area is 172 Å². The monoisotopic (exact) mass is 410 g/mol. The Kier molecular flexibility index (Phi) is 5.46. The number of aromatic nitrogens is 1. The Morgan fingerprint density at radius 3 is 3.00 bits per heavy atom. The zero-order valence-electron chi connectivity index (χ0n) is 16.3. The third kappa shape index (κ3) is 3.94. The van der Waals surface area contributed by atoms with Crippen molar-refractivity contribution in [1.82, 2.24) is 9.88 Å². The number of fused-ring (bicyclic) bond motifs is 2. The molecule has 0 unspecified atom stereocenters. The molecular weight excluding hydrogens is 388 g/mol. The van der Waals surface area contributed by atoms with Gasteiger partial charge >= 0.3 is 5.97 Å². The molecule has 1 aliphatic carbocycles. The maximum Gasteiger partial charge on any atom is 0.350 e. The molecule has 2 N–H and O–H groups in total. The van der Waals surface area contributed by atoms with Crippen LogP contribution in [0.5, 0.6) is 0 Å². The summed E-state index contributed by atoms with van der Waals surface area (Å²) < 4.78 is 6.40. The molecule has 0 saturated carbocycles. The highest BCUT2D eigenvalue weighted by Crippen LogP contribution is 2.38. The van der Waals surface area contributed by atoms with E-state index < -0.39 is 0 Å². The largest absolute Gasteiger partial charge is 0.460 e. The summed E-state index contributed by atoms with van der Waals surface area (Å²) in [6.45, 7) is 1.00. The molecule has 0 fully saturated rings. The van der Waals surface area contributed by atoms with Crippen LogP contribution < -0.4 is 5.32 Å². The summed E-state index contributed by atoms with van der Waals surface area (Å²) in [5.41, 5.74) is 4.42. The highest BCUT2D eigenvalue weighted by Gasteiger charge is 2.22. The molecule has 1 aliphatic rings. The van der Waals surface area contributed by atoms with Gasteiger partial charge in [-0.15, -0.1) is 11.3 Å². The minimum Gasteiger partial charge on any atom is -0.460 e. The lowest BCUT2D eigenvalue weighted by atomic mass is 10.1. The van der Waals surface area contributed by atoms with Crippen LogP contribution in [-0.4, -0.2) is 54.0 Å². The Morgan fingerprint density at radius 1 is 1.34 bits per heavy atom. The van der Waals surface area contributed by atoms with E-state index in [1.54, 1.807) is 12.4 Å². The predicted molar refractivity (Wildman–Crippen MR) is 115 cm³/mol. The normalized spacial score (nSPS) is 14.5. The summed E-state index contributed by atoms with van der Waals surface area (Å²) in [4.78, 5) is 19.4. The number of thiophene rings is 1. The first-order valence-electron chi connectivity index (χ1n) is 9.36. The first-order valence-corrected chi connectivity index (χ1v) is 10.2. The lowest BCUT2D eigenvalue weighted by Crippen LogP contribution is -2.20. The van der Waals surface area contributed by atoms with Gasteiger partial charge in [-0.2, -0.15) is 0 Å². The lowest BCUT2D eigenvalue weighted by Gasteiger charge is -2.12. The van der Waals surface area contributed by atoms with Gasteiger partial charge in [0.25, 0.3) is 0 Å². The van der Waals surface area contributed by atoms with Gasteiger partial charge in [0, 0.05) is 35.6 Å². The molecule has 7 nitrogen and oxygen atoms in total. The molecule has 3 aromatic rings. The summed E-state index contributed by atoms with van der Waals surface area (Å²) in [5.74, 6) is -0.341. The molecule has 0 amide bonds. The van der Waals surface area contributed by atoms with Gasteiger partial charge in [0.05, 0.1) is 16.1 Å². The predicted octanol–water partition coefficient (Wildman–Crippen LogP) is 3.88. The number of nitrogens with zero attached hydrogens (tertiary/aromatic N) is 3. The molecule has 0 radical (unpaired) electrons. The molecule has 0 bridgehead atoms. The van der Waals surface area contributed by atoms with Crippen molar-refractivity contribution in [3.8, 4) is 0 Å². The van der Waals surface area contributed by atoms with Crippen molar-refractivity contribution < 1.29 is 14.7 Å². The number of esters is 1. The Morgan fingerprint density at radius 2 is 2.21 bits per heavy atom. The number of ether oxygens (including phenoxy) is 1. The molecule has 2 heterocycles. The maximum atomic E-state index is 12.7. The van der Waals surface area contributed by atoms with Gasteiger partial charge in [0.15, 0.2) is 0 Å². The van der Waals surface area contributed by atoms with Crippen LogP contribution in [0.4, 0.5) is 11.4 Å². The molecule has 0 aliphatic heterocycles. The SMILES string of the molecule is CN(C)CCOC(=O)c1sc2cnccc2c1Nc1ccc2c(c1)CC/C2=N\O. The first-order chi connectivity index (χ1) is 14.1. The number of nitrogens with one attached hydrogen (secondary N) is 1. The second-order valence-corrected chi connectivity index (χ2v) is 8.21. The number of likely N-dealkylation sites (N-methyl/N-ethyl adjacent to an activating group) is 1. The smallest absolute Gasteiger partial charge is 0.350 e. The molecule has 150 valence electrons. The van der Waals surface area contributed by atoms with Crippen molar-refractivity contribution in [1.29, 1.82) is 0 Å². The number of anilines is 2. The number of rotatable bonds is 6. The minimum absolute atomic E-state index is 0.333. The average Bonchev–Trinajstić information content (AvgIpc) is 3.29. The molecule has 0 saturated heterocycles. The number of hydrogen-bond donors (Lipinski definition) is 2. The molecule has 4 rings (SSSR count). The standard InChI is InChI=1S/C21H22N4O3S/c1-25(2)9-10-28-21(26)20-19(16-7-8-22-12-18(16)29-20)23-14-4-5-15-13(11-14)3-6-17(15)24-27/h4-5,7-8,11-12,23,27H,3,6,9-10H2,1-2H3/b24-17+. The second kappa shape index (κ2) is 8.18. The van der Waals surface area contributed by atoms with Crippen molar-refractivity contribution in [3.63, 3.8) is 0 Å². The number of carbonyl (C=O) groups excluding carboxylic acids is 1. The third-order valence-corrected chi connectivity index (χ3v) is 6.01. The molecule has 29 heavy (non-hydrogen) atoms. The number of carbonyl (C=O) groups is 1. The van der Waals surface area contributed by atoms with E-state index in [1.165, 1.54) is 11.3 Å². The van der Waals surface area contributed by atoms with Crippen LogP contribution in [0, 0.1) is 0 Å². The lowest BCUT2D eigenvalue weighted by molar-refractivity contribution is 0.0488. The van der Waals surface area contributed by atoms with E-state index in [-0.39, 0.29) is 5.97 Å². The van der Waals surface area contributed by atoms with Crippen molar-refractivity contribution in [2.45, 2.75) is 12.8 Å². The van der Waals surface area contributed by atoms with Crippen LogP contribution >= 0.6 is 11.3 Å². The van der Waals surface area contributed by atoms with Gasteiger partial charge in [-0.05, 0) is 50.7 Å². The molecule has 1 aromatic carbocycles. The second-order valence-electron chi connectivity index (χ2n) is 7.16. The fourth-order valence-corrected chi connectivity index (χ4v) is 4.42. The Bertz CT molecular complexity index is 1090. The average molecular weight is 410 g/mol. The quantitative estimate of drug-likeness (QED) is 0.364. The van der Waals surface area contributed by atoms with Gasteiger partial charge < -0.3 is 20.2 Å².